The maximum Gasteiger partial charge on any atom is 0.230 e. The van der Waals surface area contributed by atoms with E-state index in [0.29, 0.717) is 11.9 Å². The van der Waals surface area contributed by atoms with Crippen LogP contribution >= 0.6 is 0 Å². The number of hydrogen-bond acceptors (Lipinski definition) is 4. The Morgan fingerprint density at radius 3 is 2.91 bits per heavy atom. The van der Waals surface area contributed by atoms with Crippen molar-refractivity contribution >= 4 is 22.8 Å². The zero-order valence-corrected chi connectivity index (χ0v) is 13.3. The van der Waals surface area contributed by atoms with Gasteiger partial charge in [-0.25, -0.2) is 15.0 Å². The number of nitrogens with zero attached hydrogens (tertiary/aromatic N) is 4. The zero-order valence-electron chi connectivity index (χ0n) is 13.3. The normalized spacial score (nSPS) is 19.8. The van der Waals surface area contributed by atoms with E-state index in [1.165, 1.54) is 5.56 Å². The van der Waals surface area contributed by atoms with E-state index in [4.69, 9.17) is 5.73 Å². The molecule has 6 nitrogen and oxygen atoms in total. The van der Waals surface area contributed by atoms with Crippen molar-refractivity contribution < 1.29 is 0 Å². The number of likely N-dealkylation sites (tertiary alicyclic amines) is 1. The van der Waals surface area contributed by atoms with Gasteiger partial charge in [-0.3, -0.25) is 5.32 Å². The van der Waals surface area contributed by atoms with E-state index in [1.54, 1.807) is 0 Å². The summed E-state index contributed by atoms with van der Waals surface area (Å²) in [7, 11) is 2.09. The van der Waals surface area contributed by atoms with Gasteiger partial charge in [0.15, 0.2) is 5.96 Å². The van der Waals surface area contributed by atoms with Gasteiger partial charge in [-0.2, -0.15) is 0 Å². The Hall–Kier alpha value is -2.21. The Bertz CT molecular complexity index is 724. The first-order chi connectivity index (χ1) is 10.5. The van der Waals surface area contributed by atoms with Gasteiger partial charge < -0.3 is 10.6 Å². The second kappa shape index (κ2) is 5.88. The predicted octanol–water partition coefficient (Wildman–Crippen LogP) is 1.68. The largest absolute Gasteiger partial charge is 0.370 e. The van der Waals surface area contributed by atoms with Crippen LogP contribution in [0.4, 0.5) is 5.95 Å². The van der Waals surface area contributed by atoms with E-state index in [9.17, 15) is 0 Å². The fourth-order valence-electron chi connectivity index (χ4n) is 2.99. The van der Waals surface area contributed by atoms with Gasteiger partial charge in [0.05, 0.1) is 17.3 Å². The number of nitrogens with two attached hydrogens (primary N) is 1. The highest BCUT2D eigenvalue weighted by molar-refractivity contribution is 5.92. The quantitative estimate of drug-likeness (QED) is 0.651. The number of aliphatic imine (C=N–C) groups is 1. The van der Waals surface area contributed by atoms with Crippen molar-refractivity contribution in [2.45, 2.75) is 26.3 Å². The molecule has 1 saturated heterocycles. The summed E-state index contributed by atoms with van der Waals surface area (Å²) >= 11 is 0. The summed E-state index contributed by atoms with van der Waals surface area (Å²) in [6.45, 7) is 6.06. The summed E-state index contributed by atoms with van der Waals surface area (Å²) in [5.74, 6) is 0.884. The molecule has 6 heteroatoms. The second-order valence-corrected chi connectivity index (χ2v) is 5.95. The lowest BCUT2D eigenvalue weighted by Crippen LogP contribution is -2.27. The Balaban J connectivity index is 1.83. The van der Waals surface area contributed by atoms with E-state index >= 15 is 0 Å². The Morgan fingerprint density at radius 1 is 1.36 bits per heavy atom. The first-order valence-electron chi connectivity index (χ1n) is 7.56. The van der Waals surface area contributed by atoms with Crippen LogP contribution in [0.5, 0.6) is 0 Å². The van der Waals surface area contributed by atoms with E-state index in [1.807, 2.05) is 19.1 Å². The topological polar surface area (TPSA) is 79.4 Å². The average Bonchev–Trinajstić information content (AvgIpc) is 2.83. The molecule has 0 unspecified atom stereocenters. The first kappa shape index (κ1) is 14.7. The number of hydrogen-bond donors (Lipinski definition) is 2. The smallest absolute Gasteiger partial charge is 0.230 e. The molecule has 22 heavy (non-hydrogen) atoms. The molecule has 0 saturated carbocycles. The van der Waals surface area contributed by atoms with E-state index in [0.717, 1.165) is 36.1 Å². The van der Waals surface area contributed by atoms with Gasteiger partial charge in [-0.15, -0.1) is 0 Å². The van der Waals surface area contributed by atoms with Gasteiger partial charge in [0.2, 0.25) is 5.95 Å². The van der Waals surface area contributed by atoms with Gasteiger partial charge in [-0.1, -0.05) is 12.1 Å². The number of aromatic nitrogens is 2. The van der Waals surface area contributed by atoms with E-state index in [2.05, 4.69) is 45.2 Å². The molecule has 2 heterocycles. The molecule has 1 aromatic carbocycles. The van der Waals surface area contributed by atoms with Crippen molar-refractivity contribution in [3.63, 3.8) is 0 Å². The van der Waals surface area contributed by atoms with Crippen LogP contribution in [0.1, 0.15) is 17.7 Å². The SMILES string of the molecule is Cc1cccc2nc(NC(N)=N[C@@H]3CCN(C)C3)nc(C)c12. The van der Waals surface area contributed by atoms with Crippen LogP contribution < -0.4 is 11.1 Å². The standard InChI is InChI=1S/C16H22N6/c1-10-5-4-6-13-14(10)11(2)18-16(20-13)21-15(17)19-12-7-8-22(3)9-12/h4-6,12H,7-9H2,1-3H3,(H3,17,18,19,20,21)/t12-/m1/s1. The molecule has 3 N–H and O–H groups in total. The predicted molar refractivity (Wildman–Crippen MR) is 90.2 cm³/mol. The molecule has 2 aromatic rings. The third kappa shape index (κ3) is 3.01. The summed E-state index contributed by atoms with van der Waals surface area (Å²) < 4.78 is 0. The van der Waals surface area contributed by atoms with Gasteiger partial charge >= 0.3 is 0 Å². The number of nitrogens with one attached hydrogen (secondary N) is 1. The van der Waals surface area contributed by atoms with Gasteiger partial charge in [0, 0.05) is 11.9 Å². The highest BCUT2D eigenvalue weighted by Crippen LogP contribution is 2.20. The molecular weight excluding hydrogens is 276 g/mol. The lowest BCUT2D eigenvalue weighted by molar-refractivity contribution is 0.411. The molecule has 0 aliphatic carbocycles. The molecule has 1 atom stereocenters. The number of fused-ring (bicyclic) bond motifs is 1. The maximum atomic E-state index is 6.00. The molecule has 1 aliphatic rings. The number of aryl methyl sites for hydroxylation is 2. The zero-order chi connectivity index (χ0) is 15.7. The molecule has 0 radical (unpaired) electrons. The second-order valence-electron chi connectivity index (χ2n) is 5.95. The van der Waals surface area contributed by atoms with E-state index < -0.39 is 0 Å². The van der Waals surface area contributed by atoms with Crippen LogP contribution in [0, 0.1) is 13.8 Å². The first-order valence-corrected chi connectivity index (χ1v) is 7.56. The van der Waals surface area contributed by atoms with Crippen LogP contribution in [0.15, 0.2) is 23.2 Å². The lowest BCUT2D eigenvalue weighted by atomic mass is 10.1. The summed E-state index contributed by atoms with van der Waals surface area (Å²) in [5, 5.41) is 4.12. The van der Waals surface area contributed by atoms with Crippen molar-refractivity contribution in [3.05, 3.63) is 29.5 Å². The molecule has 3 rings (SSSR count). The highest BCUT2D eigenvalue weighted by atomic mass is 15.2. The van der Waals surface area contributed by atoms with Crippen molar-refractivity contribution in [1.29, 1.82) is 0 Å². The molecule has 0 amide bonds. The molecule has 1 aromatic heterocycles. The van der Waals surface area contributed by atoms with Crippen LogP contribution in [-0.2, 0) is 0 Å². The molecule has 0 bridgehead atoms. The van der Waals surface area contributed by atoms with Crippen LogP contribution in [-0.4, -0.2) is 47.0 Å². The number of likely N-dealkylation sites (N-methyl/N-ethyl adjacent to an activating group) is 1. The lowest BCUT2D eigenvalue weighted by Gasteiger charge is -2.10. The minimum Gasteiger partial charge on any atom is -0.370 e. The fourth-order valence-corrected chi connectivity index (χ4v) is 2.99. The summed E-state index contributed by atoms with van der Waals surface area (Å²) in [5.41, 5.74) is 9.04. The van der Waals surface area contributed by atoms with Crippen LogP contribution in [0.2, 0.25) is 0 Å². The highest BCUT2D eigenvalue weighted by Gasteiger charge is 2.18. The van der Waals surface area contributed by atoms with E-state index in [-0.39, 0.29) is 6.04 Å². The molecule has 1 aliphatic heterocycles. The summed E-state index contributed by atoms with van der Waals surface area (Å²) in [6.07, 6.45) is 1.04. The number of guanidine groups is 1. The molecule has 116 valence electrons. The van der Waals surface area contributed by atoms with Gasteiger partial charge in [-0.05, 0) is 45.5 Å². The minimum absolute atomic E-state index is 0.251. The monoisotopic (exact) mass is 298 g/mol. The minimum atomic E-state index is 0.251. The number of benzene rings is 1. The molecule has 0 spiro atoms. The third-order valence-electron chi connectivity index (χ3n) is 4.04. The van der Waals surface area contributed by atoms with Gasteiger partial charge in [0.25, 0.3) is 0 Å². The number of rotatable bonds is 2. The molecule has 1 fully saturated rings. The summed E-state index contributed by atoms with van der Waals surface area (Å²) in [4.78, 5) is 15.8. The Labute approximate surface area is 130 Å². The van der Waals surface area contributed by atoms with Crippen LogP contribution in [0.3, 0.4) is 0 Å². The summed E-state index contributed by atoms with van der Waals surface area (Å²) in [6, 6.07) is 6.31. The van der Waals surface area contributed by atoms with Crippen LogP contribution in [0.25, 0.3) is 10.9 Å². The van der Waals surface area contributed by atoms with Gasteiger partial charge in [0.1, 0.15) is 0 Å². The third-order valence-corrected chi connectivity index (χ3v) is 4.04. The average molecular weight is 298 g/mol. The van der Waals surface area contributed by atoms with Crippen molar-refractivity contribution in [3.8, 4) is 0 Å². The Kier molecular flexibility index (Phi) is 3.94. The fraction of sp³-hybridized carbons (Fsp3) is 0.438. The molecular formula is C16H22N6. The Morgan fingerprint density at radius 2 is 2.18 bits per heavy atom. The number of anilines is 1. The van der Waals surface area contributed by atoms with Crippen molar-refractivity contribution in [1.82, 2.24) is 14.9 Å². The maximum absolute atomic E-state index is 6.00. The van der Waals surface area contributed by atoms with Crippen molar-refractivity contribution in [2.24, 2.45) is 10.7 Å². The van der Waals surface area contributed by atoms with Crippen molar-refractivity contribution in [2.75, 3.05) is 25.5 Å².